The Hall–Kier alpha value is -1.67. The highest BCUT2D eigenvalue weighted by molar-refractivity contribution is 5.72. The van der Waals surface area contributed by atoms with E-state index in [1.807, 2.05) is 21.1 Å². The molecule has 0 radical (unpaired) electrons. The van der Waals surface area contributed by atoms with Crippen LogP contribution in [0.5, 0.6) is 0 Å². The van der Waals surface area contributed by atoms with Crippen molar-refractivity contribution in [3.8, 4) is 0 Å². The number of unbranched alkanes of at least 4 members (excludes halogenated alkanes) is 19. The van der Waals surface area contributed by atoms with Gasteiger partial charge in [0.25, 0.3) is 0 Å². The van der Waals surface area contributed by atoms with Crippen molar-refractivity contribution < 1.29 is 38.2 Å². The van der Waals surface area contributed by atoms with Gasteiger partial charge in [0.05, 0.1) is 34.4 Å². The summed E-state index contributed by atoms with van der Waals surface area (Å²) in [6, 6.07) is -0.605. The maximum Gasteiger partial charge on any atom is 0.362 e. The van der Waals surface area contributed by atoms with Crippen LogP contribution in [-0.2, 0) is 28.6 Å². The topological polar surface area (TPSA) is 99.1 Å². The molecule has 45 heavy (non-hydrogen) atoms. The van der Waals surface area contributed by atoms with Crippen molar-refractivity contribution in [3.05, 3.63) is 0 Å². The van der Waals surface area contributed by atoms with Gasteiger partial charge in [-0.15, -0.1) is 0 Å². The van der Waals surface area contributed by atoms with Crippen molar-refractivity contribution in [2.45, 2.75) is 180 Å². The van der Waals surface area contributed by atoms with Crippen molar-refractivity contribution in [2.75, 3.05) is 41.0 Å². The maximum atomic E-state index is 12.6. The van der Waals surface area contributed by atoms with Crippen LogP contribution in [0, 0.1) is 0 Å². The summed E-state index contributed by atoms with van der Waals surface area (Å²) >= 11 is 0. The minimum atomic E-state index is -0.875. The first-order chi connectivity index (χ1) is 21.6. The molecule has 8 heteroatoms. The van der Waals surface area contributed by atoms with Crippen LogP contribution in [0.15, 0.2) is 0 Å². The highest BCUT2D eigenvalue weighted by Crippen LogP contribution is 2.15. The first-order valence-electron chi connectivity index (χ1n) is 18.6. The van der Waals surface area contributed by atoms with E-state index in [0.717, 1.165) is 44.9 Å². The Morgan fingerprint density at radius 2 is 0.978 bits per heavy atom. The molecule has 0 spiro atoms. The molecule has 0 aromatic carbocycles. The number of aliphatic carboxylic acids is 1. The summed E-state index contributed by atoms with van der Waals surface area (Å²) in [6.45, 7) is 4.63. The molecule has 0 fully saturated rings. The van der Waals surface area contributed by atoms with Crippen LogP contribution in [0.4, 0.5) is 0 Å². The summed E-state index contributed by atoms with van der Waals surface area (Å²) in [5, 5.41) is 9.53. The van der Waals surface area contributed by atoms with E-state index in [-0.39, 0.29) is 36.2 Å². The van der Waals surface area contributed by atoms with Gasteiger partial charge in [0, 0.05) is 19.3 Å². The van der Waals surface area contributed by atoms with E-state index >= 15 is 0 Å². The molecular weight excluding hydrogens is 570 g/mol. The van der Waals surface area contributed by atoms with Crippen LogP contribution in [0.3, 0.4) is 0 Å². The van der Waals surface area contributed by atoms with Gasteiger partial charge in [-0.05, 0) is 12.8 Å². The molecule has 0 bridgehead atoms. The number of esters is 2. The third-order valence-corrected chi connectivity index (χ3v) is 8.51. The van der Waals surface area contributed by atoms with Crippen LogP contribution in [0.1, 0.15) is 168 Å². The van der Waals surface area contributed by atoms with Gasteiger partial charge in [-0.3, -0.25) is 9.59 Å². The predicted octanol–water partition coefficient (Wildman–Crippen LogP) is 9.02. The van der Waals surface area contributed by atoms with Crippen molar-refractivity contribution >= 4 is 17.9 Å². The third kappa shape index (κ3) is 28.3. The molecule has 0 saturated carbocycles. The fourth-order valence-corrected chi connectivity index (χ4v) is 5.56. The summed E-state index contributed by atoms with van der Waals surface area (Å²) in [7, 11) is 5.51. The van der Waals surface area contributed by atoms with Gasteiger partial charge in [0.15, 0.2) is 12.1 Å². The van der Waals surface area contributed by atoms with E-state index in [0.29, 0.717) is 19.3 Å². The number of quaternary nitrogens is 1. The molecule has 0 rings (SSSR count). The molecule has 0 aliphatic rings. The quantitative estimate of drug-likeness (QED) is 0.0433. The molecule has 0 saturated heterocycles. The SMILES string of the molecule is CCCCCCCCCCCCCCCCCCCC(=O)OC(COCCC(C(=O)O)[N+](C)(C)C)COC(=O)CCCCCC. The van der Waals surface area contributed by atoms with E-state index in [2.05, 4.69) is 13.8 Å². The number of nitrogens with zero attached hydrogens (tertiary/aromatic N) is 1. The molecule has 0 aromatic rings. The van der Waals surface area contributed by atoms with Gasteiger partial charge in [-0.2, -0.15) is 0 Å². The fourth-order valence-electron chi connectivity index (χ4n) is 5.56. The van der Waals surface area contributed by atoms with Gasteiger partial charge < -0.3 is 23.8 Å². The first-order valence-corrected chi connectivity index (χ1v) is 18.6. The molecule has 0 aliphatic carbocycles. The summed E-state index contributed by atoms with van der Waals surface area (Å²) in [5.41, 5.74) is 0. The van der Waals surface area contributed by atoms with Crippen LogP contribution in [0.25, 0.3) is 0 Å². The lowest BCUT2D eigenvalue weighted by atomic mass is 10.0. The lowest BCUT2D eigenvalue weighted by Gasteiger charge is -2.31. The largest absolute Gasteiger partial charge is 0.477 e. The number of carboxylic acid groups (broad SMARTS) is 1. The number of carboxylic acids is 1. The predicted molar refractivity (Wildman–Crippen MR) is 183 cm³/mol. The van der Waals surface area contributed by atoms with Crippen LogP contribution >= 0.6 is 0 Å². The van der Waals surface area contributed by atoms with Crippen molar-refractivity contribution in [3.63, 3.8) is 0 Å². The Labute approximate surface area is 276 Å². The summed E-state index contributed by atoms with van der Waals surface area (Å²) < 4.78 is 17.0. The van der Waals surface area contributed by atoms with Gasteiger partial charge in [0.2, 0.25) is 0 Å². The monoisotopic (exact) mass is 643 g/mol. The number of carbonyl (C=O) groups excluding carboxylic acids is 2. The Balaban J connectivity index is 4.18. The Morgan fingerprint density at radius 3 is 1.40 bits per heavy atom. The summed E-state index contributed by atoms with van der Waals surface area (Å²) in [4.78, 5) is 36.4. The number of hydrogen-bond donors (Lipinski definition) is 1. The molecule has 0 aromatic heterocycles. The second-order valence-corrected chi connectivity index (χ2v) is 13.8. The first kappa shape index (κ1) is 43.3. The molecule has 266 valence electrons. The molecule has 1 N–H and O–H groups in total. The second kappa shape index (κ2) is 29.7. The van der Waals surface area contributed by atoms with E-state index in [1.165, 1.54) is 89.9 Å². The smallest absolute Gasteiger partial charge is 0.362 e. The lowest BCUT2D eigenvalue weighted by molar-refractivity contribution is -0.887. The maximum absolute atomic E-state index is 12.6. The number of ether oxygens (including phenoxy) is 3. The van der Waals surface area contributed by atoms with E-state index < -0.39 is 18.1 Å². The Bertz CT molecular complexity index is 722. The van der Waals surface area contributed by atoms with Crippen molar-refractivity contribution in [1.82, 2.24) is 0 Å². The molecule has 2 unspecified atom stereocenters. The van der Waals surface area contributed by atoms with Crippen molar-refractivity contribution in [2.24, 2.45) is 0 Å². The standard InChI is InChI=1S/C37H71NO7/c1-6-8-10-12-13-14-15-16-17-18-19-20-21-22-23-24-26-28-36(40)45-33(32-44-35(39)27-25-11-9-7-2)31-43-30-29-34(37(41)42)38(3,4)5/h33-34H,6-32H2,1-5H3/p+1. The summed E-state index contributed by atoms with van der Waals surface area (Å²) in [5.74, 6) is -1.48. The van der Waals surface area contributed by atoms with Gasteiger partial charge in [-0.1, -0.05) is 136 Å². The summed E-state index contributed by atoms with van der Waals surface area (Å²) in [6.07, 6.45) is 26.2. The molecule has 2 atom stereocenters. The lowest BCUT2D eigenvalue weighted by Crippen LogP contribution is -2.50. The second-order valence-electron chi connectivity index (χ2n) is 13.8. The molecule has 8 nitrogen and oxygen atoms in total. The fraction of sp³-hybridized carbons (Fsp3) is 0.919. The molecule has 0 heterocycles. The molecule has 0 amide bonds. The van der Waals surface area contributed by atoms with Crippen LogP contribution in [-0.4, -0.2) is 80.6 Å². The van der Waals surface area contributed by atoms with Crippen LogP contribution in [0.2, 0.25) is 0 Å². The zero-order valence-electron chi connectivity index (χ0n) is 30.1. The van der Waals surface area contributed by atoms with Gasteiger partial charge >= 0.3 is 17.9 Å². The van der Waals surface area contributed by atoms with E-state index in [4.69, 9.17) is 14.2 Å². The minimum Gasteiger partial charge on any atom is -0.477 e. The van der Waals surface area contributed by atoms with E-state index in [9.17, 15) is 19.5 Å². The zero-order valence-corrected chi connectivity index (χ0v) is 30.1. The average Bonchev–Trinajstić information content (AvgIpc) is 2.98. The normalized spacial score (nSPS) is 13.0. The Morgan fingerprint density at radius 1 is 0.578 bits per heavy atom. The van der Waals surface area contributed by atoms with Gasteiger partial charge in [0.1, 0.15) is 6.61 Å². The number of rotatable bonds is 33. The molecular formula is C37H72NO7+. The zero-order chi connectivity index (χ0) is 33.6. The highest BCUT2D eigenvalue weighted by Gasteiger charge is 2.31. The number of likely N-dealkylation sites (N-methyl/N-ethyl adjacent to an activating group) is 1. The van der Waals surface area contributed by atoms with Crippen molar-refractivity contribution in [1.29, 1.82) is 0 Å². The number of hydrogen-bond acceptors (Lipinski definition) is 6. The third-order valence-electron chi connectivity index (χ3n) is 8.51. The van der Waals surface area contributed by atoms with Gasteiger partial charge in [-0.25, -0.2) is 4.79 Å². The average molecular weight is 643 g/mol. The van der Waals surface area contributed by atoms with Crippen LogP contribution < -0.4 is 0 Å². The number of carbonyl (C=O) groups is 3. The molecule has 0 aliphatic heterocycles. The Kier molecular flexibility index (Phi) is 28.6. The minimum absolute atomic E-state index is 0.0465. The highest BCUT2D eigenvalue weighted by atomic mass is 16.6. The van der Waals surface area contributed by atoms with E-state index in [1.54, 1.807) is 0 Å².